The Bertz CT molecular complexity index is 2410. The van der Waals surface area contributed by atoms with E-state index in [0.717, 1.165) is 40.7 Å². The maximum absolute atomic E-state index is 5.38. The molecule has 9 aromatic rings. The van der Waals surface area contributed by atoms with Crippen molar-refractivity contribution in [1.82, 2.24) is 23.7 Å². The molecule has 7 nitrogen and oxygen atoms in total. The van der Waals surface area contributed by atoms with Crippen molar-refractivity contribution in [1.29, 1.82) is 0 Å². The highest BCUT2D eigenvalue weighted by atomic mass is 32.1. The van der Waals surface area contributed by atoms with E-state index in [1.807, 2.05) is 68.0 Å². The van der Waals surface area contributed by atoms with Crippen molar-refractivity contribution in [3.05, 3.63) is 154 Å². The fourth-order valence-electron chi connectivity index (χ4n) is 6.49. The quantitative estimate of drug-likeness (QED) is 0.157. The van der Waals surface area contributed by atoms with Crippen LogP contribution in [0.5, 0.6) is 5.75 Å². The van der Waals surface area contributed by atoms with E-state index in [4.69, 9.17) is 9.15 Å². The third-order valence-electron chi connectivity index (χ3n) is 9.47. The summed E-state index contributed by atoms with van der Waals surface area (Å²) in [6.45, 7) is 13.4. The summed E-state index contributed by atoms with van der Waals surface area (Å²) in [5.74, 6) is 1.08. The second kappa shape index (κ2) is 16.2. The number of imidazole rings is 1. The fraction of sp³-hybridized carbons (Fsp3) is 0.227. The standard InChI is InChI=1S/C10H11N.C9H10N2.C9H10O.C9H8O.C7H8N2S/c1-8-7-11(2)10-6-4-3-5-9(8)10;1-7-8-5-3-4-6-9(8)11(2)10-7;2*1-7-3-2-4-9-8(7)5-6-10-9;1-5-6(2)9-3-4-10-7(9)8-5/h3-7H,1-2H3;3-6H,1-2H3;2-4H,5-6H2,1H3;2-6H,1H3;3-4H,1-2H3. The van der Waals surface area contributed by atoms with Crippen molar-refractivity contribution in [2.24, 2.45) is 14.1 Å². The monoisotopic (exact) mass is 709 g/mol. The average Bonchev–Trinajstić information content (AvgIpc) is 4.01. The maximum Gasteiger partial charge on any atom is 0.194 e. The molecule has 4 aromatic carbocycles. The Morgan fingerprint density at radius 2 is 1.38 bits per heavy atom. The van der Waals surface area contributed by atoms with E-state index in [0.29, 0.717) is 0 Å². The summed E-state index contributed by atoms with van der Waals surface area (Å²) in [5, 5.41) is 10.2. The van der Waals surface area contributed by atoms with E-state index in [-0.39, 0.29) is 0 Å². The minimum Gasteiger partial charge on any atom is -0.493 e. The summed E-state index contributed by atoms with van der Waals surface area (Å²) >= 11 is 1.67. The van der Waals surface area contributed by atoms with Crippen LogP contribution in [0, 0.1) is 41.5 Å². The topological polar surface area (TPSA) is 62.4 Å². The Morgan fingerprint density at radius 1 is 0.673 bits per heavy atom. The highest BCUT2D eigenvalue weighted by Gasteiger charge is 2.12. The van der Waals surface area contributed by atoms with Gasteiger partial charge in [0.1, 0.15) is 11.3 Å². The summed E-state index contributed by atoms with van der Waals surface area (Å²) in [5.41, 5.74) is 12.3. The number of fused-ring (bicyclic) bond motifs is 5. The number of aryl methyl sites for hydroxylation is 8. The molecule has 0 fully saturated rings. The Balaban J connectivity index is 0.000000112. The summed E-state index contributed by atoms with van der Waals surface area (Å²) < 4.78 is 16.8. The molecule has 0 unspecified atom stereocenters. The lowest BCUT2D eigenvalue weighted by molar-refractivity contribution is 0.357. The van der Waals surface area contributed by atoms with E-state index in [1.54, 1.807) is 17.6 Å². The molecule has 8 heteroatoms. The van der Waals surface area contributed by atoms with Gasteiger partial charge in [-0.2, -0.15) is 5.10 Å². The summed E-state index contributed by atoms with van der Waals surface area (Å²) in [6.07, 6.45) is 7.01. The SMILES string of the molecule is Cc1cccc2c1CCO2.Cc1cccc2occc12.Cc1cn(C)c2ccccc12.Cc1nc2sccn2c1C.Cc1nn(C)c2ccccc12. The first-order chi connectivity index (χ1) is 25.1. The minimum atomic E-state index is 0.861. The number of aromatic nitrogens is 5. The molecule has 0 radical (unpaired) electrons. The molecular formula is C44H47N5O2S. The molecule has 10 rings (SSSR count). The minimum absolute atomic E-state index is 0.861. The molecule has 0 amide bonds. The number of nitrogens with zero attached hydrogens (tertiary/aromatic N) is 5. The summed E-state index contributed by atoms with van der Waals surface area (Å²) in [4.78, 5) is 5.45. The molecule has 0 bridgehead atoms. The Hall–Kier alpha value is -5.60. The van der Waals surface area contributed by atoms with E-state index in [9.17, 15) is 0 Å². The fourth-order valence-corrected chi connectivity index (χ4v) is 7.29. The van der Waals surface area contributed by atoms with Crippen molar-refractivity contribution >= 4 is 49.1 Å². The zero-order valence-electron chi connectivity index (χ0n) is 31.3. The van der Waals surface area contributed by atoms with Gasteiger partial charge >= 0.3 is 0 Å². The number of benzene rings is 4. The first kappa shape index (κ1) is 36.2. The maximum atomic E-state index is 5.38. The third kappa shape index (κ3) is 7.98. The third-order valence-corrected chi connectivity index (χ3v) is 10.2. The number of thiazole rings is 1. The lowest BCUT2D eigenvalue weighted by Gasteiger charge is -1.99. The average molecular weight is 710 g/mol. The van der Waals surface area contributed by atoms with Crippen molar-refractivity contribution in [3.8, 4) is 5.75 Å². The molecule has 1 aliphatic rings. The highest BCUT2D eigenvalue weighted by Crippen LogP contribution is 2.27. The molecule has 5 aromatic heterocycles. The predicted octanol–water partition coefficient (Wildman–Crippen LogP) is 11.1. The van der Waals surface area contributed by atoms with Crippen LogP contribution in [0.4, 0.5) is 0 Å². The van der Waals surface area contributed by atoms with Gasteiger partial charge < -0.3 is 13.7 Å². The van der Waals surface area contributed by atoms with Crippen LogP contribution in [0.1, 0.15) is 39.3 Å². The van der Waals surface area contributed by atoms with Gasteiger partial charge in [-0.25, -0.2) is 4.98 Å². The van der Waals surface area contributed by atoms with Gasteiger partial charge in [-0.05, 0) is 88.6 Å². The highest BCUT2D eigenvalue weighted by molar-refractivity contribution is 7.15. The van der Waals surface area contributed by atoms with Gasteiger partial charge in [0.2, 0.25) is 0 Å². The van der Waals surface area contributed by atoms with Gasteiger partial charge in [0, 0.05) is 71.2 Å². The molecule has 266 valence electrons. The zero-order chi connectivity index (χ0) is 36.8. The van der Waals surface area contributed by atoms with Crippen LogP contribution < -0.4 is 4.74 Å². The lowest BCUT2D eigenvalue weighted by atomic mass is 10.1. The van der Waals surface area contributed by atoms with Crippen molar-refractivity contribution < 1.29 is 9.15 Å². The van der Waals surface area contributed by atoms with Crippen LogP contribution in [0.2, 0.25) is 0 Å². The zero-order valence-corrected chi connectivity index (χ0v) is 32.2. The van der Waals surface area contributed by atoms with Crippen molar-refractivity contribution in [2.45, 2.75) is 48.0 Å². The van der Waals surface area contributed by atoms with Gasteiger partial charge in [0.15, 0.2) is 4.96 Å². The van der Waals surface area contributed by atoms with Gasteiger partial charge in [0.05, 0.1) is 29.8 Å². The van der Waals surface area contributed by atoms with Gasteiger partial charge in [-0.1, -0.05) is 60.7 Å². The van der Waals surface area contributed by atoms with Crippen LogP contribution in [-0.4, -0.2) is 30.3 Å². The summed E-state index contributed by atoms with van der Waals surface area (Å²) in [6, 6.07) is 31.0. The van der Waals surface area contributed by atoms with Crippen LogP contribution in [-0.2, 0) is 20.5 Å². The van der Waals surface area contributed by atoms with Gasteiger partial charge in [-0.3, -0.25) is 9.08 Å². The Morgan fingerprint density at radius 3 is 2.10 bits per heavy atom. The van der Waals surface area contributed by atoms with Crippen LogP contribution in [0.15, 0.2) is 119 Å². The molecular weight excluding hydrogens is 663 g/mol. The summed E-state index contributed by atoms with van der Waals surface area (Å²) in [7, 11) is 4.05. The number of ether oxygens (including phenoxy) is 1. The molecule has 0 saturated carbocycles. The van der Waals surface area contributed by atoms with E-state index >= 15 is 0 Å². The van der Waals surface area contributed by atoms with E-state index < -0.39 is 0 Å². The normalized spacial score (nSPS) is 11.5. The lowest BCUT2D eigenvalue weighted by Crippen LogP contribution is -1.88. The molecule has 52 heavy (non-hydrogen) atoms. The van der Waals surface area contributed by atoms with Crippen molar-refractivity contribution in [2.75, 3.05) is 6.61 Å². The van der Waals surface area contributed by atoms with Gasteiger partial charge in [0.25, 0.3) is 0 Å². The molecule has 0 atom stereocenters. The smallest absolute Gasteiger partial charge is 0.194 e. The Kier molecular flexibility index (Phi) is 11.3. The number of hydrogen-bond donors (Lipinski definition) is 0. The van der Waals surface area contributed by atoms with Gasteiger partial charge in [-0.15, -0.1) is 11.3 Å². The number of hydrogen-bond acceptors (Lipinski definition) is 5. The Labute approximate surface area is 309 Å². The molecule has 0 saturated heterocycles. The molecule has 0 N–H and O–H groups in total. The first-order valence-electron chi connectivity index (χ1n) is 17.5. The van der Waals surface area contributed by atoms with Crippen LogP contribution >= 0.6 is 11.3 Å². The second-order valence-corrected chi connectivity index (χ2v) is 13.9. The number of furan rings is 1. The molecule has 0 spiro atoms. The first-order valence-corrected chi connectivity index (χ1v) is 18.4. The van der Waals surface area contributed by atoms with Crippen molar-refractivity contribution in [3.63, 3.8) is 0 Å². The van der Waals surface area contributed by atoms with Crippen LogP contribution in [0.3, 0.4) is 0 Å². The predicted molar refractivity (Wildman–Crippen MR) is 217 cm³/mol. The number of para-hydroxylation sites is 2. The molecule has 0 aliphatic carbocycles. The molecule has 1 aliphatic heterocycles. The molecule has 6 heterocycles. The second-order valence-electron chi connectivity index (χ2n) is 13.1. The van der Waals surface area contributed by atoms with E-state index in [2.05, 4.69) is 120 Å². The van der Waals surface area contributed by atoms with Crippen LogP contribution in [0.25, 0.3) is 37.7 Å². The van der Waals surface area contributed by atoms with E-state index in [1.165, 1.54) is 55.1 Å². The number of rotatable bonds is 0. The largest absolute Gasteiger partial charge is 0.493 e.